The van der Waals surface area contributed by atoms with E-state index in [0.29, 0.717) is 0 Å². The number of carbonyl (C=O) groups is 1. The number of hydrogen-bond donors (Lipinski definition) is 0. The number of ether oxygens (including phenoxy) is 1. The molecule has 0 saturated carbocycles. The van der Waals surface area contributed by atoms with Crippen LogP contribution in [0.15, 0.2) is 58.3 Å². The molecule has 158 valence electrons. The Morgan fingerprint density at radius 1 is 1.03 bits per heavy atom. The summed E-state index contributed by atoms with van der Waals surface area (Å²) in [5.74, 6) is -0.892. The van der Waals surface area contributed by atoms with Crippen molar-refractivity contribution in [1.29, 1.82) is 0 Å². The molecule has 30 heavy (non-hydrogen) atoms. The Bertz CT molecular complexity index is 1210. The minimum Gasteiger partial charge on any atom is -0.403 e. The average Bonchev–Trinajstić information content (AvgIpc) is 2.99. The Labute approximate surface area is 181 Å². The number of aryl methyl sites for hydroxylation is 2. The molecule has 0 aliphatic heterocycles. The zero-order valence-electron chi connectivity index (χ0n) is 17.4. The first-order valence-corrected chi connectivity index (χ1v) is 11.2. The molecule has 0 radical (unpaired) electrons. The third kappa shape index (κ3) is 4.13. The molecule has 0 aliphatic carbocycles. The summed E-state index contributed by atoms with van der Waals surface area (Å²) in [6.07, 6.45) is 0. The molecule has 0 bridgehead atoms. The van der Waals surface area contributed by atoms with Crippen molar-refractivity contribution in [2.45, 2.75) is 49.9 Å². The van der Waals surface area contributed by atoms with E-state index in [2.05, 4.69) is 5.10 Å². The molecule has 8 heteroatoms. The molecule has 6 nitrogen and oxygen atoms in total. The van der Waals surface area contributed by atoms with E-state index in [4.69, 9.17) is 16.3 Å². The normalized spacial score (nSPS) is 12.1. The number of esters is 1. The molecule has 3 aromatic rings. The number of nitrogens with zero attached hydrogens (tertiary/aromatic N) is 2. The van der Waals surface area contributed by atoms with Crippen molar-refractivity contribution in [2.75, 3.05) is 0 Å². The number of aromatic nitrogens is 2. The lowest BCUT2D eigenvalue weighted by atomic mass is 10.1. The third-order valence-corrected chi connectivity index (χ3v) is 6.71. The van der Waals surface area contributed by atoms with Crippen LogP contribution in [0.25, 0.3) is 0 Å². The highest BCUT2D eigenvalue weighted by Crippen LogP contribution is 2.36. The van der Waals surface area contributed by atoms with Gasteiger partial charge in [0, 0.05) is 0 Å². The Morgan fingerprint density at radius 2 is 1.63 bits per heavy atom. The largest absolute Gasteiger partial charge is 0.403 e. The van der Waals surface area contributed by atoms with Crippen molar-refractivity contribution < 1.29 is 17.9 Å². The Morgan fingerprint density at radius 3 is 2.20 bits per heavy atom. The second-order valence-corrected chi connectivity index (χ2v) is 10.3. The van der Waals surface area contributed by atoms with Gasteiger partial charge in [-0.15, -0.1) is 0 Å². The summed E-state index contributed by atoms with van der Waals surface area (Å²) in [4.78, 5) is 12.8. The van der Waals surface area contributed by atoms with Gasteiger partial charge in [-0.1, -0.05) is 41.4 Å². The van der Waals surface area contributed by atoms with Gasteiger partial charge in [-0.2, -0.15) is 5.10 Å². The zero-order valence-corrected chi connectivity index (χ0v) is 19.0. The summed E-state index contributed by atoms with van der Waals surface area (Å²) >= 11 is 6.12. The fourth-order valence-electron chi connectivity index (χ4n) is 2.95. The highest BCUT2D eigenvalue weighted by molar-refractivity contribution is 7.91. The predicted molar refractivity (Wildman–Crippen MR) is 115 cm³/mol. The fourth-order valence-corrected chi connectivity index (χ4v) is 4.68. The van der Waals surface area contributed by atoms with E-state index < -0.39 is 21.3 Å². The van der Waals surface area contributed by atoms with Gasteiger partial charge in [0.2, 0.25) is 15.7 Å². The van der Waals surface area contributed by atoms with E-state index in [1.807, 2.05) is 27.7 Å². The van der Waals surface area contributed by atoms with Crippen LogP contribution < -0.4 is 4.74 Å². The molecular weight excluding hydrogens is 424 g/mol. The summed E-state index contributed by atoms with van der Waals surface area (Å²) in [5.41, 5.74) is 0.674. The van der Waals surface area contributed by atoms with Gasteiger partial charge in [-0.05, 0) is 58.9 Å². The molecule has 0 saturated heterocycles. The lowest BCUT2D eigenvalue weighted by Crippen LogP contribution is -2.26. The first-order valence-electron chi connectivity index (χ1n) is 9.31. The lowest BCUT2D eigenvalue weighted by Gasteiger charge is -2.22. The van der Waals surface area contributed by atoms with Crippen LogP contribution in [-0.4, -0.2) is 24.2 Å². The van der Waals surface area contributed by atoms with Crippen LogP contribution in [-0.2, 0) is 15.4 Å². The molecule has 0 atom stereocenters. The van der Waals surface area contributed by atoms with Gasteiger partial charge in [-0.3, -0.25) is 0 Å². The lowest BCUT2D eigenvalue weighted by molar-refractivity contribution is 0.0704. The summed E-state index contributed by atoms with van der Waals surface area (Å²) in [6, 6.07) is 12.9. The Balaban J connectivity index is 2.19. The van der Waals surface area contributed by atoms with E-state index in [9.17, 15) is 13.2 Å². The summed E-state index contributed by atoms with van der Waals surface area (Å²) in [7, 11) is -3.99. The van der Waals surface area contributed by atoms with Crippen LogP contribution in [0.2, 0.25) is 5.02 Å². The summed E-state index contributed by atoms with van der Waals surface area (Å²) in [5, 5.41) is 4.60. The van der Waals surface area contributed by atoms with Crippen LogP contribution in [0.5, 0.6) is 5.88 Å². The van der Waals surface area contributed by atoms with Gasteiger partial charge < -0.3 is 4.74 Å². The molecule has 0 fully saturated rings. The van der Waals surface area contributed by atoms with Crippen molar-refractivity contribution in [3.05, 3.63) is 70.4 Å². The molecule has 1 aromatic heterocycles. The fraction of sp³-hybridized carbons (Fsp3) is 0.273. The van der Waals surface area contributed by atoms with Gasteiger partial charge in [0.25, 0.3) is 0 Å². The first kappa shape index (κ1) is 22.1. The summed E-state index contributed by atoms with van der Waals surface area (Å²) in [6.45, 7) is 8.98. The number of hydrogen-bond acceptors (Lipinski definition) is 5. The monoisotopic (exact) mass is 446 g/mol. The molecular formula is C22H23ClN2O4S. The second-order valence-electron chi connectivity index (χ2n) is 7.99. The van der Waals surface area contributed by atoms with Crippen LogP contribution >= 0.6 is 11.6 Å². The van der Waals surface area contributed by atoms with E-state index in [1.54, 1.807) is 37.3 Å². The number of rotatable bonds is 4. The quantitative estimate of drug-likeness (QED) is 0.529. The number of sulfone groups is 1. The van der Waals surface area contributed by atoms with Crippen LogP contribution in [0.1, 0.15) is 42.4 Å². The van der Waals surface area contributed by atoms with Crippen molar-refractivity contribution in [3.8, 4) is 5.88 Å². The highest BCUT2D eigenvalue weighted by atomic mass is 35.5. The van der Waals surface area contributed by atoms with E-state index in [0.717, 1.165) is 5.56 Å². The van der Waals surface area contributed by atoms with Gasteiger partial charge >= 0.3 is 5.97 Å². The molecule has 1 heterocycles. The number of halogens is 1. The SMILES string of the molecule is Cc1ccc(S(=O)(=O)c2c(C)nn(C(C)(C)C)c2OC(=O)c2ccccc2Cl)cc1. The molecule has 0 aliphatic rings. The minimum absolute atomic E-state index is 0.0969. The molecule has 0 N–H and O–H groups in total. The van der Waals surface area contributed by atoms with E-state index >= 15 is 0 Å². The van der Waals surface area contributed by atoms with E-state index in [-0.39, 0.29) is 32.0 Å². The van der Waals surface area contributed by atoms with Crippen LogP contribution in [0.3, 0.4) is 0 Å². The first-order chi connectivity index (χ1) is 13.9. The van der Waals surface area contributed by atoms with Crippen LogP contribution in [0.4, 0.5) is 0 Å². The molecule has 3 rings (SSSR count). The number of benzene rings is 2. The standard InChI is InChI=1S/C22H23ClN2O4S/c1-14-10-12-16(13-11-14)30(27,28)19-15(2)24-25(22(3,4)5)20(19)29-21(26)17-8-6-7-9-18(17)23/h6-13H,1-5H3. The highest BCUT2D eigenvalue weighted by Gasteiger charge is 2.35. The second kappa shape index (κ2) is 7.89. The van der Waals surface area contributed by atoms with Crippen LogP contribution in [0, 0.1) is 13.8 Å². The number of carbonyl (C=O) groups excluding carboxylic acids is 1. The molecule has 0 amide bonds. The summed E-state index contributed by atoms with van der Waals surface area (Å²) < 4.78 is 33.9. The smallest absolute Gasteiger partial charge is 0.346 e. The van der Waals surface area contributed by atoms with Gasteiger partial charge in [0.1, 0.15) is 0 Å². The van der Waals surface area contributed by atoms with Crippen molar-refractivity contribution >= 4 is 27.4 Å². The predicted octanol–water partition coefficient (Wildman–Crippen LogP) is 4.96. The third-order valence-electron chi connectivity index (χ3n) is 4.48. The maximum Gasteiger partial charge on any atom is 0.346 e. The van der Waals surface area contributed by atoms with E-state index in [1.165, 1.54) is 22.9 Å². The molecule has 0 spiro atoms. The maximum absolute atomic E-state index is 13.4. The molecule has 0 unspecified atom stereocenters. The van der Waals surface area contributed by atoms with Crippen molar-refractivity contribution in [3.63, 3.8) is 0 Å². The van der Waals surface area contributed by atoms with Gasteiger partial charge in [-0.25, -0.2) is 17.9 Å². The topological polar surface area (TPSA) is 78.3 Å². The van der Waals surface area contributed by atoms with Crippen molar-refractivity contribution in [1.82, 2.24) is 9.78 Å². The Kier molecular flexibility index (Phi) is 5.80. The van der Waals surface area contributed by atoms with Gasteiger partial charge in [0.15, 0.2) is 4.90 Å². The average molecular weight is 447 g/mol. The Hall–Kier alpha value is -2.64. The molecule has 2 aromatic carbocycles. The zero-order chi connectivity index (χ0) is 22.3. The van der Waals surface area contributed by atoms with Gasteiger partial charge in [0.05, 0.1) is 26.7 Å². The minimum atomic E-state index is -3.99. The van der Waals surface area contributed by atoms with Crippen molar-refractivity contribution in [2.24, 2.45) is 0 Å². The maximum atomic E-state index is 13.4.